The molecule has 1 aliphatic rings. The van der Waals surface area contributed by atoms with Gasteiger partial charge in [-0.2, -0.15) is 4.98 Å². The van der Waals surface area contributed by atoms with Crippen molar-refractivity contribution < 1.29 is 9.13 Å². The molecule has 8 heteroatoms. The highest BCUT2D eigenvalue weighted by Crippen LogP contribution is 2.23. The van der Waals surface area contributed by atoms with Crippen molar-refractivity contribution in [1.29, 1.82) is 0 Å². The van der Waals surface area contributed by atoms with Gasteiger partial charge in [-0.25, -0.2) is 14.4 Å². The summed E-state index contributed by atoms with van der Waals surface area (Å²) in [4.78, 5) is 27.0. The van der Waals surface area contributed by atoms with E-state index in [4.69, 9.17) is 4.74 Å². The molecule has 4 rings (SSSR count). The monoisotopic (exact) mass is 381 g/mol. The Hall–Kier alpha value is -3.29. The molecular formula is C20H20FN5O2. The summed E-state index contributed by atoms with van der Waals surface area (Å²) in [5.41, 5.74) is 1.75. The number of piperidine rings is 1. The van der Waals surface area contributed by atoms with E-state index in [9.17, 15) is 9.18 Å². The van der Waals surface area contributed by atoms with Gasteiger partial charge in [-0.3, -0.25) is 9.36 Å². The Bertz CT molecular complexity index is 1010. The number of ether oxygens (including phenoxy) is 1. The van der Waals surface area contributed by atoms with E-state index in [-0.39, 0.29) is 23.5 Å². The zero-order chi connectivity index (χ0) is 19.5. The maximum Gasteiger partial charge on any atom is 0.299 e. The maximum absolute atomic E-state index is 13.2. The molecule has 0 aliphatic carbocycles. The van der Waals surface area contributed by atoms with E-state index in [0.717, 1.165) is 25.1 Å². The molecule has 3 heterocycles. The van der Waals surface area contributed by atoms with Crippen molar-refractivity contribution in [2.45, 2.75) is 18.9 Å². The number of nitrogens with zero attached hydrogens (tertiary/aromatic N) is 5. The van der Waals surface area contributed by atoms with Crippen molar-refractivity contribution in [1.82, 2.24) is 19.5 Å². The van der Waals surface area contributed by atoms with Crippen molar-refractivity contribution in [3.8, 4) is 17.4 Å². The van der Waals surface area contributed by atoms with Crippen LogP contribution in [-0.4, -0.2) is 38.7 Å². The summed E-state index contributed by atoms with van der Waals surface area (Å²) >= 11 is 0. The highest BCUT2D eigenvalue weighted by molar-refractivity contribution is 5.52. The Morgan fingerprint density at radius 2 is 2.00 bits per heavy atom. The maximum atomic E-state index is 13.2. The summed E-state index contributed by atoms with van der Waals surface area (Å²) in [6.45, 7) is 1.51. The Labute approximate surface area is 161 Å². The molecule has 0 radical (unpaired) electrons. The zero-order valence-electron chi connectivity index (χ0n) is 15.5. The first-order valence-corrected chi connectivity index (χ1v) is 9.12. The van der Waals surface area contributed by atoms with Crippen LogP contribution in [0.2, 0.25) is 0 Å². The van der Waals surface area contributed by atoms with E-state index in [1.165, 1.54) is 29.1 Å². The fourth-order valence-corrected chi connectivity index (χ4v) is 3.27. The van der Waals surface area contributed by atoms with E-state index in [2.05, 4.69) is 19.9 Å². The van der Waals surface area contributed by atoms with Crippen molar-refractivity contribution >= 4 is 5.69 Å². The number of halogens is 1. The van der Waals surface area contributed by atoms with Gasteiger partial charge in [0.05, 0.1) is 17.9 Å². The van der Waals surface area contributed by atoms with Gasteiger partial charge >= 0.3 is 0 Å². The first-order chi connectivity index (χ1) is 13.6. The minimum Gasteiger partial charge on any atom is -0.459 e. The van der Waals surface area contributed by atoms with Gasteiger partial charge in [0, 0.05) is 31.5 Å². The van der Waals surface area contributed by atoms with E-state index in [0.29, 0.717) is 17.9 Å². The van der Waals surface area contributed by atoms with Crippen molar-refractivity contribution in [2.75, 3.05) is 18.0 Å². The Morgan fingerprint density at radius 3 is 2.75 bits per heavy atom. The molecule has 1 saturated heterocycles. The molecular weight excluding hydrogens is 361 g/mol. The van der Waals surface area contributed by atoms with Crippen LogP contribution in [0, 0.1) is 5.82 Å². The van der Waals surface area contributed by atoms with Gasteiger partial charge < -0.3 is 9.64 Å². The topological polar surface area (TPSA) is 73.1 Å². The zero-order valence-corrected chi connectivity index (χ0v) is 15.5. The third kappa shape index (κ3) is 3.85. The highest BCUT2D eigenvalue weighted by atomic mass is 19.1. The van der Waals surface area contributed by atoms with Gasteiger partial charge in [-0.15, -0.1) is 0 Å². The summed E-state index contributed by atoms with van der Waals surface area (Å²) in [6.07, 6.45) is 4.67. The quantitative estimate of drug-likeness (QED) is 0.691. The predicted octanol–water partition coefficient (Wildman–Crippen LogP) is 2.42. The number of benzene rings is 1. The average molecular weight is 381 g/mol. The van der Waals surface area contributed by atoms with E-state index >= 15 is 0 Å². The molecule has 0 spiro atoms. The standard InChI is InChI=1S/C20H20FN5O2/c1-25-19(27)11-18(17-8-9-22-13-23-17)24-20(25)28-16-3-2-10-26(12-16)15-6-4-14(21)5-7-15/h4-9,11,13,16H,2-3,10,12H2,1H3. The van der Waals surface area contributed by atoms with Gasteiger partial charge in [0.1, 0.15) is 18.2 Å². The molecule has 0 N–H and O–H groups in total. The number of aromatic nitrogens is 4. The van der Waals surface area contributed by atoms with Crippen LogP contribution >= 0.6 is 0 Å². The number of rotatable bonds is 4. The van der Waals surface area contributed by atoms with Crippen LogP contribution < -0.4 is 15.2 Å². The van der Waals surface area contributed by atoms with E-state index in [1.807, 2.05) is 0 Å². The van der Waals surface area contributed by atoms with Crippen LogP contribution in [-0.2, 0) is 7.05 Å². The molecule has 2 aromatic heterocycles. The number of hydrogen-bond acceptors (Lipinski definition) is 6. The lowest BCUT2D eigenvalue weighted by Crippen LogP contribution is -2.42. The molecule has 0 amide bonds. The van der Waals surface area contributed by atoms with Gasteiger partial charge in [-0.1, -0.05) is 0 Å². The minimum absolute atomic E-state index is 0.127. The normalized spacial score (nSPS) is 16.8. The van der Waals surface area contributed by atoms with Gasteiger partial charge in [0.2, 0.25) is 0 Å². The average Bonchev–Trinajstić information content (AvgIpc) is 2.72. The number of anilines is 1. The van der Waals surface area contributed by atoms with Crippen LogP contribution in [0.1, 0.15) is 12.8 Å². The third-order valence-corrected chi connectivity index (χ3v) is 4.78. The Balaban J connectivity index is 1.55. The molecule has 1 unspecified atom stereocenters. The summed E-state index contributed by atoms with van der Waals surface area (Å²) in [5, 5.41) is 0. The smallest absolute Gasteiger partial charge is 0.299 e. The fourth-order valence-electron chi connectivity index (χ4n) is 3.27. The first-order valence-electron chi connectivity index (χ1n) is 9.12. The molecule has 1 atom stereocenters. The SMILES string of the molecule is Cn1c(OC2CCCN(c3ccc(F)cc3)C2)nc(-c2ccncn2)cc1=O. The Morgan fingerprint density at radius 1 is 1.18 bits per heavy atom. The lowest BCUT2D eigenvalue weighted by molar-refractivity contribution is 0.157. The molecule has 0 bridgehead atoms. The third-order valence-electron chi connectivity index (χ3n) is 4.78. The molecule has 144 valence electrons. The minimum atomic E-state index is -0.255. The highest BCUT2D eigenvalue weighted by Gasteiger charge is 2.23. The van der Waals surface area contributed by atoms with Crippen molar-refractivity contribution in [3.63, 3.8) is 0 Å². The van der Waals surface area contributed by atoms with Crippen LogP contribution in [0.4, 0.5) is 10.1 Å². The van der Waals surface area contributed by atoms with E-state index < -0.39 is 0 Å². The van der Waals surface area contributed by atoms with Crippen LogP contribution in [0.3, 0.4) is 0 Å². The second kappa shape index (κ2) is 7.75. The van der Waals surface area contributed by atoms with Gasteiger partial charge in [-0.05, 0) is 43.2 Å². The number of hydrogen-bond donors (Lipinski definition) is 0. The second-order valence-corrected chi connectivity index (χ2v) is 6.72. The molecule has 1 aliphatic heterocycles. The molecule has 3 aromatic rings. The van der Waals surface area contributed by atoms with Crippen LogP contribution in [0.15, 0.2) is 53.7 Å². The molecule has 28 heavy (non-hydrogen) atoms. The molecule has 0 saturated carbocycles. The first kappa shape index (κ1) is 18.1. The Kier molecular flexibility index (Phi) is 5.01. The van der Waals surface area contributed by atoms with Crippen molar-refractivity contribution in [2.24, 2.45) is 7.05 Å². The summed E-state index contributed by atoms with van der Waals surface area (Å²) < 4.78 is 20.7. The van der Waals surface area contributed by atoms with Crippen LogP contribution in [0.25, 0.3) is 11.4 Å². The lowest BCUT2D eigenvalue weighted by Gasteiger charge is -2.34. The molecule has 7 nitrogen and oxygen atoms in total. The van der Waals surface area contributed by atoms with Gasteiger partial charge in [0.25, 0.3) is 11.6 Å². The molecule has 1 fully saturated rings. The lowest BCUT2D eigenvalue weighted by atomic mass is 10.1. The summed E-state index contributed by atoms with van der Waals surface area (Å²) in [6, 6.07) is 9.82. The molecule has 1 aromatic carbocycles. The summed E-state index contributed by atoms with van der Waals surface area (Å²) in [7, 11) is 1.63. The van der Waals surface area contributed by atoms with Crippen molar-refractivity contribution in [3.05, 3.63) is 65.1 Å². The largest absolute Gasteiger partial charge is 0.459 e. The second-order valence-electron chi connectivity index (χ2n) is 6.72. The predicted molar refractivity (Wildman–Crippen MR) is 103 cm³/mol. The van der Waals surface area contributed by atoms with E-state index in [1.54, 1.807) is 31.4 Å². The van der Waals surface area contributed by atoms with Gasteiger partial charge in [0.15, 0.2) is 0 Å². The van der Waals surface area contributed by atoms with Crippen LogP contribution in [0.5, 0.6) is 6.01 Å². The fraction of sp³-hybridized carbons (Fsp3) is 0.300. The summed E-state index contributed by atoms with van der Waals surface area (Å²) in [5.74, 6) is -0.255.